The monoisotopic (exact) mass is 403 g/mol. The van der Waals surface area contributed by atoms with E-state index in [2.05, 4.69) is 10.4 Å². The predicted octanol–water partition coefficient (Wildman–Crippen LogP) is 4.32. The van der Waals surface area contributed by atoms with Crippen LogP contribution in [0.1, 0.15) is 42.1 Å². The van der Waals surface area contributed by atoms with E-state index in [-0.39, 0.29) is 23.3 Å². The van der Waals surface area contributed by atoms with Crippen LogP contribution in [-0.2, 0) is 0 Å². The highest BCUT2D eigenvalue weighted by atomic mass is 19.1. The van der Waals surface area contributed by atoms with Gasteiger partial charge in [-0.1, -0.05) is 0 Å². The van der Waals surface area contributed by atoms with E-state index in [0.717, 1.165) is 43.2 Å². The summed E-state index contributed by atoms with van der Waals surface area (Å²) in [6, 6.07) is 6.40. The summed E-state index contributed by atoms with van der Waals surface area (Å²) in [5, 5.41) is 17.2. The van der Waals surface area contributed by atoms with E-state index in [1.54, 1.807) is 6.07 Å². The SMILES string of the molecule is O=C(NCC1CCC(n2cc3ccc(F)cc3n2)CC1)c1cc(F)c(O)c(F)c1. The molecule has 29 heavy (non-hydrogen) atoms. The smallest absolute Gasteiger partial charge is 0.251 e. The zero-order valence-corrected chi connectivity index (χ0v) is 15.5. The molecule has 5 nitrogen and oxygen atoms in total. The number of phenols is 1. The number of aromatic hydroxyl groups is 1. The molecule has 1 fully saturated rings. The average Bonchev–Trinajstić information content (AvgIpc) is 3.13. The summed E-state index contributed by atoms with van der Waals surface area (Å²) in [4.78, 5) is 12.1. The van der Waals surface area contributed by atoms with Gasteiger partial charge < -0.3 is 10.4 Å². The van der Waals surface area contributed by atoms with Crippen LogP contribution in [-0.4, -0.2) is 27.3 Å². The maximum Gasteiger partial charge on any atom is 0.251 e. The number of amides is 1. The van der Waals surface area contributed by atoms with Crippen LogP contribution in [0.5, 0.6) is 5.75 Å². The minimum absolute atomic E-state index is 0.165. The number of carbonyl (C=O) groups is 1. The molecule has 8 heteroatoms. The third-order valence-corrected chi connectivity index (χ3v) is 5.51. The number of fused-ring (bicyclic) bond motifs is 1. The van der Waals surface area contributed by atoms with Crippen LogP contribution >= 0.6 is 0 Å². The number of rotatable bonds is 4. The van der Waals surface area contributed by atoms with Gasteiger partial charge in [-0.25, -0.2) is 13.2 Å². The maximum absolute atomic E-state index is 13.4. The molecule has 2 aromatic carbocycles. The van der Waals surface area contributed by atoms with Gasteiger partial charge in [-0.05, 0) is 55.9 Å². The van der Waals surface area contributed by atoms with Gasteiger partial charge in [0.1, 0.15) is 5.82 Å². The topological polar surface area (TPSA) is 67.2 Å². The Balaban J connectivity index is 1.32. The van der Waals surface area contributed by atoms with Crippen LogP contribution in [0.25, 0.3) is 10.9 Å². The van der Waals surface area contributed by atoms with Gasteiger partial charge in [0.15, 0.2) is 17.4 Å². The molecule has 0 atom stereocenters. The van der Waals surface area contributed by atoms with Crippen molar-refractivity contribution in [2.75, 3.05) is 6.54 Å². The molecular formula is C21H20F3N3O2. The lowest BCUT2D eigenvalue weighted by Crippen LogP contribution is -2.31. The van der Waals surface area contributed by atoms with Gasteiger partial charge in [-0.2, -0.15) is 5.10 Å². The summed E-state index contributed by atoms with van der Waals surface area (Å²) >= 11 is 0. The van der Waals surface area contributed by atoms with Crippen molar-refractivity contribution >= 4 is 16.8 Å². The van der Waals surface area contributed by atoms with E-state index in [0.29, 0.717) is 12.1 Å². The molecule has 4 rings (SSSR count). The van der Waals surface area contributed by atoms with Crippen molar-refractivity contribution < 1.29 is 23.1 Å². The van der Waals surface area contributed by atoms with Crippen LogP contribution in [0.3, 0.4) is 0 Å². The zero-order chi connectivity index (χ0) is 20.5. The number of phenolic OH excluding ortho intramolecular Hbond substituents is 1. The number of hydrogen-bond donors (Lipinski definition) is 2. The van der Waals surface area contributed by atoms with Crippen molar-refractivity contribution in [3.8, 4) is 5.75 Å². The Morgan fingerprint density at radius 1 is 1.10 bits per heavy atom. The van der Waals surface area contributed by atoms with Crippen molar-refractivity contribution in [3.05, 3.63) is 59.5 Å². The Morgan fingerprint density at radius 2 is 1.79 bits per heavy atom. The fourth-order valence-corrected chi connectivity index (χ4v) is 3.84. The number of benzene rings is 2. The van der Waals surface area contributed by atoms with E-state index in [4.69, 9.17) is 5.11 Å². The fourth-order valence-electron chi connectivity index (χ4n) is 3.84. The van der Waals surface area contributed by atoms with Gasteiger partial charge in [0.25, 0.3) is 5.91 Å². The van der Waals surface area contributed by atoms with Gasteiger partial charge in [0.05, 0.1) is 11.6 Å². The molecule has 0 unspecified atom stereocenters. The maximum atomic E-state index is 13.4. The predicted molar refractivity (Wildman–Crippen MR) is 101 cm³/mol. The molecule has 0 aliphatic heterocycles. The second-order valence-electron chi connectivity index (χ2n) is 7.49. The molecule has 3 aromatic rings. The van der Waals surface area contributed by atoms with Gasteiger partial charge >= 0.3 is 0 Å². The standard InChI is InChI=1S/C21H20F3N3O2/c22-15-4-3-13-11-27(26-19(13)9-15)16-5-1-12(2-6-16)10-25-21(29)14-7-17(23)20(28)18(24)8-14/h3-4,7-9,11-12,16,28H,1-2,5-6,10H2,(H,25,29). The number of nitrogens with zero attached hydrogens (tertiary/aromatic N) is 2. The summed E-state index contributed by atoms with van der Waals surface area (Å²) in [5.41, 5.74) is 0.467. The van der Waals surface area contributed by atoms with Gasteiger partial charge in [-0.15, -0.1) is 0 Å². The van der Waals surface area contributed by atoms with E-state index < -0.39 is 23.3 Å². The lowest BCUT2D eigenvalue weighted by atomic mass is 9.86. The molecule has 1 saturated carbocycles. The van der Waals surface area contributed by atoms with E-state index in [1.165, 1.54) is 12.1 Å². The number of nitrogens with one attached hydrogen (secondary N) is 1. The summed E-state index contributed by atoms with van der Waals surface area (Å²) < 4.78 is 42.0. The second-order valence-corrected chi connectivity index (χ2v) is 7.49. The third-order valence-electron chi connectivity index (χ3n) is 5.51. The second kappa shape index (κ2) is 7.77. The number of halogens is 3. The van der Waals surface area contributed by atoms with E-state index in [9.17, 15) is 18.0 Å². The first kappa shape index (κ1) is 19.3. The lowest BCUT2D eigenvalue weighted by Gasteiger charge is -2.28. The van der Waals surface area contributed by atoms with Gasteiger partial charge in [-0.3, -0.25) is 9.48 Å². The zero-order valence-electron chi connectivity index (χ0n) is 15.5. The molecule has 0 radical (unpaired) electrons. The Kier molecular flexibility index (Phi) is 5.17. The highest BCUT2D eigenvalue weighted by molar-refractivity contribution is 5.94. The molecule has 1 aliphatic carbocycles. The molecule has 0 saturated heterocycles. The number of hydrogen-bond acceptors (Lipinski definition) is 3. The molecule has 2 N–H and O–H groups in total. The first-order chi connectivity index (χ1) is 13.9. The Morgan fingerprint density at radius 3 is 2.48 bits per heavy atom. The van der Waals surface area contributed by atoms with Crippen LogP contribution in [0.15, 0.2) is 36.5 Å². The van der Waals surface area contributed by atoms with Crippen molar-refractivity contribution in [3.63, 3.8) is 0 Å². The summed E-state index contributed by atoms with van der Waals surface area (Å²) in [5.74, 6) is -4.05. The first-order valence-corrected chi connectivity index (χ1v) is 9.51. The number of aromatic nitrogens is 2. The minimum atomic E-state index is -1.16. The molecule has 0 spiro atoms. The fraction of sp³-hybridized carbons (Fsp3) is 0.333. The minimum Gasteiger partial charge on any atom is -0.503 e. The van der Waals surface area contributed by atoms with E-state index in [1.807, 2.05) is 10.9 Å². The molecule has 1 aliphatic rings. The Labute approximate surface area is 165 Å². The van der Waals surface area contributed by atoms with Crippen LogP contribution in [0.2, 0.25) is 0 Å². The molecular weight excluding hydrogens is 383 g/mol. The largest absolute Gasteiger partial charge is 0.503 e. The number of carbonyl (C=O) groups excluding carboxylic acids is 1. The Hall–Kier alpha value is -3.03. The lowest BCUT2D eigenvalue weighted by molar-refractivity contribution is 0.0940. The highest BCUT2D eigenvalue weighted by Gasteiger charge is 2.24. The highest BCUT2D eigenvalue weighted by Crippen LogP contribution is 2.32. The van der Waals surface area contributed by atoms with Gasteiger partial charge in [0, 0.05) is 29.8 Å². The van der Waals surface area contributed by atoms with Crippen molar-refractivity contribution in [1.82, 2.24) is 15.1 Å². The normalized spacial score (nSPS) is 19.4. The molecule has 1 amide bonds. The molecule has 1 heterocycles. The van der Waals surface area contributed by atoms with Crippen molar-refractivity contribution in [2.45, 2.75) is 31.7 Å². The third kappa shape index (κ3) is 4.06. The molecule has 0 bridgehead atoms. The molecule has 1 aromatic heterocycles. The van der Waals surface area contributed by atoms with Crippen molar-refractivity contribution in [2.24, 2.45) is 5.92 Å². The van der Waals surface area contributed by atoms with Crippen LogP contribution < -0.4 is 5.32 Å². The van der Waals surface area contributed by atoms with Crippen LogP contribution in [0, 0.1) is 23.4 Å². The van der Waals surface area contributed by atoms with Crippen molar-refractivity contribution in [1.29, 1.82) is 0 Å². The molecule has 152 valence electrons. The summed E-state index contributed by atoms with van der Waals surface area (Å²) in [6.45, 7) is 0.405. The van der Waals surface area contributed by atoms with E-state index >= 15 is 0 Å². The summed E-state index contributed by atoms with van der Waals surface area (Å²) in [6.07, 6.45) is 5.41. The summed E-state index contributed by atoms with van der Waals surface area (Å²) in [7, 11) is 0. The quantitative estimate of drug-likeness (QED) is 0.682. The average molecular weight is 403 g/mol. The van der Waals surface area contributed by atoms with Gasteiger partial charge in [0.2, 0.25) is 0 Å². The van der Waals surface area contributed by atoms with Crippen LogP contribution in [0.4, 0.5) is 13.2 Å². The Bertz CT molecular complexity index is 1040. The first-order valence-electron chi connectivity index (χ1n) is 9.51.